The molecule has 0 aliphatic heterocycles. The van der Waals surface area contributed by atoms with Crippen molar-refractivity contribution in [1.82, 2.24) is 0 Å². The molecule has 4 N–H and O–H groups in total. The van der Waals surface area contributed by atoms with E-state index in [4.69, 9.17) is 28.9 Å². The third-order valence-corrected chi connectivity index (χ3v) is 3.74. The molecule has 2 unspecified atom stereocenters. The van der Waals surface area contributed by atoms with Crippen LogP contribution in [0.4, 0.5) is 11.4 Å². The first kappa shape index (κ1) is 12.8. The number of nitrogens with two attached hydrogens (primary N) is 1. The molecular weight excluding hydrogens is 259 g/mol. The predicted octanol–water partition coefficient (Wildman–Crippen LogP) is 3.15. The predicted molar refractivity (Wildman–Crippen MR) is 72.7 cm³/mol. The summed E-state index contributed by atoms with van der Waals surface area (Å²) in [5.74, 6) is 0.481. The van der Waals surface area contributed by atoms with Gasteiger partial charge >= 0.3 is 0 Å². The van der Waals surface area contributed by atoms with Gasteiger partial charge in [0.2, 0.25) is 0 Å². The summed E-state index contributed by atoms with van der Waals surface area (Å²) in [4.78, 5) is 0. The maximum atomic E-state index is 9.45. The zero-order valence-corrected chi connectivity index (χ0v) is 10.9. The van der Waals surface area contributed by atoms with Gasteiger partial charge in [0, 0.05) is 12.2 Å². The molecular formula is C12H16Cl2N2O. The smallest absolute Gasteiger partial charge is 0.0720 e. The van der Waals surface area contributed by atoms with Crippen molar-refractivity contribution in [2.24, 2.45) is 5.92 Å². The molecule has 1 aromatic rings. The highest BCUT2D eigenvalue weighted by Crippen LogP contribution is 2.34. The molecule has 0 amide bonds. The molecule has 1 saturated carbocycles. The lowest BCUT2D eigenvalue weighted by Gasteiger charge is -2.15. The maximum Gasteiger partial charge on any atom is 0.0720 e. The fraction of sp³-hybridized carbons (Fsp3) is 0.500. The number of rotatable bonds is 3. The minimum atomic E-state index is -0.154. The van der Waals surface area contributed by atoms with E-state index in [0.29, 0.717) is 21.7 Å². The molecule has 0 saturated heterocycles. The van der Waals surface area contributed by atoms with Gasteiger partial charge < -0.3 is 16.2 Å². The van der Waals surface area contributed by atoms with Crippen molar-refractivity contribution in [1.29, 1.82) is 0 Å². The van der Waals surface area contributed by atoms with Crippen LogP contribution in [0, 0.1) is 5.92 Å². The third-order valence-electron chi connectivity index (χ3n) is 3.15. The van der Waals surface area contributed by atoms with Gasteiger partial charge in [0.15, 0.2) is 0 Å². The van der Waals surface area contributed by atoms with Crippen LogP contribution in [0.1, 0.15) is 19.3 Å². The van der Waals surface area contributed by atoms with Crippen LogP contribution in [0.3, 0.4) is 0 Å². The number of benzene rings is 1. The van der Waals surface area contributed by atoms with Gasteiger partial charge in [-0.05, 0) is 37.3 Å². The summed E-state index contributed by atoms with van der Waals surface area (Å²) in [6, 6.07) is 3.36. The zero-order valence-electron chi connectivity index (χ0n) is 9.42. The topological polar surface area (TPSA) is 58.3 Å². The molecule has 0 bridgehead atoms. The average Bonchev–Trinajstić information content (AvgIpc) is 2.62. The van der Waals surface area contributed by atoms with E-state index in [1.807, 2.05) is 0 Å². The third kappa shape index (κ3) is 3.18. The van der Waals surface area contributed by atoms with Crippen molar-refractivity contribution in [3.63, 3.8) is 0 Å². The van der Waals surface area contributed by atoms with Crippen LogP contribution in [0.2, 0.25) is 10.0 Å². The van der Waals surface area contributed by atoms with E-state index >= 15 is 0 Å². The number of aliphatic hydroxyl groups excluding tert-OH is 1. The normalized spacial score (nSPS) is 23.9. The molecule has 1 aliphatic carbocycles. The Kier molecular flexibility index (Phi) is 4.02. The summed E-state index contributed by atoms with van der Waals surface area (Å²) in [6.45, 7) is 0.778. The lowest BCUT2D eigenvalue weighted by atomic mass is 10.1. The standard InChI is InChI=1S/C12H16Cl2N2O/c13-10-4-8(15)5-11(14)12(10)16-6-7-1-2-9(17)3-7/h4-5,7,9,16-17H,1-3,6,15H2. The molecule has 0 spiro atoms. The highest BCUT2D eigenvalue weighted by atomic mass is 35.5. The van der Waals surface area contributed by atoms with Gasteiger partial charge in [0.05, 0.1) is 21.8 Å². The molecule has 1 aliphatic rings. The molecule has 2 atom stereocenters. The summed E-state index contributed by atoms with van der Waals surface area (Å²) in [5, 5.41) is 13.8. The fourth-order valence-electron chi connectivity index (χ4n) is 2.24. The van der Waals surface area contributed by atoms with Crippen LogP contribution in [-0.4, -0.2) is 17.8 Å². The van der Waals surface area contributed by atoms with E-state index in [9.17, 15) is 5.11 Å². The van der Waals surface area contributed by atoms with Crippen LogP contribution in [-0.2, 0) is 0 Å². The molecule has 1 aromatic carbocycles. The highest BCUT2D eigenvalue weighted by molar-refractivity contribution is 6.39. The molecule has 0 radical (unpaired) electrons. The Hall–Kier alpha value is -0.640. The van der Waals surface area contributed by atoms with Crippen molar-refractivity contribution < 1.29 is 5.11 Å². The first-order chi connectivity index (χ1) is 8.06. The molecule has 3 nitrogen and oxygen atoms in total. The number of halogens is 2. The summed E-state index contributed by atoms with van der Waals surface area (Å²) in [6.07, 6.45) is 2.62. The van der Waals surface area contributed by atoms with E-state index in [0.717, 1.165) is 31.5 Å². The summed E-state index contributed by atoms with van der Waals surface area (Å²) in [5.41, 5.74) is 6.92. The molecule has 5 heteroatoms. The fourth-order valence-corrected chi connectivity index (χ4v) is 2.88. The summed E-state index contributed by atoms with van der Waals surface area (Å²) in [7, 11) is 0. The second kappa shape index (κ2) is 5.34. The Balaban J connectivity index is 1.99. The van der Waals surface area contributed by atoms with Crippen LogP contribution in [0.25, 0.3) is 0 Å². The largest absolute Gasteiger partial charge is 0.399 e. The Bertz CT molecular complexity index is 388. The second-order valence-electron chi connectivity index (χ2n) is 4.57. The first-order valence-corrected chi connectivity index (χ1v) is 6.48. The Morgan fingerprint density at radius 3 is 2.47 bits per heavy atom. The SMILES string of the molecule is Nc1cc(Cl)c(NCC2CCC(O)C2)c(Cl)c1. The number of nitrogen functional groups attached to an aromatic ring is 1. The van der Waals surface area contributed by atoms with E-state index in [2.05, 4.69) is 5.32 Å². The van der Waals surface area contributed by atoms with Crippen LogP contribution in [0.5, 0.6) is 0 Å². The second-order valence-corrected chi connectivity index (χ2v) is 5.39. The van der Waals surface area contributed by atoms with Gasteiger partial charge in [-0.3, -0.25) is 0 Å². The van der Waals surface area contributed by atoms with E-state index in [1.54, 1.807) is 12.1 Å². The molecule has 1 fully saturated rings. The molecule has 2 rings (SSSR count). The number of nitrogens with one attached hydrogen (secondary N) is 1. The van der Waals surface area contributed by atoms with Crippen molar-refractivity contribution >= 4 is 34.6 Å². The van der Waals surface area contributed by atoms with Crippen molar-refractivity contribution in [2.75, 3.05) is 17.6 Å². The Morgan fingerprint density at radius 1 is 1.29 bits per heavy atom. The first-order valence-electron chi connectivity index (χ1n) is 5.72. The number of hydrogen-bond donors (Lipinski definition) is 3. The quantitative estimate of drug-likeness (QED) is 0.743. The monoisotopic (exact) mass is 274 g/mol. The van der Waals surface area contributed by atoms with E-state index in [1.165, 1.54) is 0 Å². The minimum Gasteiger partial charge on any atom is -0.399 e. The van der Waals surface area contributed by atoms with Crippen molar-refractivity contribution in [3.8, 4) is 0 Å². The lowest BCUT2D eigenvalue weighted by Crippen LogP contribution is -2.13. The van der Waals surface area contributed by atoms with E-state index in [-0.39, 0.29) is 6.10 Å². The van der Waals surface area contributed by atoms with Gasteiger partial charge in [0.1, 0.15) is 0 Å². The highest BCUT2D eigenvalue weighted by Gasteiger charge is 2.22. The van der Waals surface area contributed by atoms with Gasteiger partial charge in [-0.15, -0.1) is 0 Å². The van der Waals surface area contributed by atoms with Crippen molar-refractivity contribution in [3.05, 3.63) is 22.2 Å². The Labute approximate surface area is 111 Å². The molecule has 0 aromatic heterocycles. The number of aliphatic hydroxyl groups is 1. The average molecular weight is 275 g/mol. The van der Waals surface area contributed by atoms with Gasteiger partial charge in [-0.25, -0.2) is 0 Å². The van der Waals surface area contributed by atoms with Crippen LogP contribution < -0.4 is 11.1 Å². The summed E-state index contributed by atoms with van der Waals surface area (Å²) < 4.78 is 0. The lowest BCUT2D eigenvalue weighted by molar-refractivity contribution is 0.178. The van der Waals surface area contributed by atoms with Crippen LogP contribution >= 0.6 is 23.2 Å². The Morgan fingerprint density at radius 2 is 1.94 bits per heavy atom. The van der Waals surface area contributed by atoms with E-state index < -0.39 is 0 Å². The van der Waals surface area contributed by atoms with Gasteiger partial charge in [-0.1, -0.05) is 23.2 Å². The van der Waals surface area contributed by atoms with Gasteiger partial charge in [-0.2, -0.15) is 0 Å². The molecule has 94 valence electrons. The number of anilines is 2. The number of hydrogen-bond acceptors (Lipinski definition) is 3. The summed E-state index contributed by atoms with van der Waals surface area (Å²) >= 11 is 12.1. The van der Waals surface area contributed by atoms with Crippen LogP contribution in [0.15, 0.2) is 12.1 Å². The van der Waals surface area contributed by atoms with Crippen molar-refractivity contribution in [2.45, 2.75) is 25.4 Å². The zero-order chi connectivity index (χ0) is 12.4. The molecule has 0 heterocycles. The van der Waals surface area contributed by atoms with Gasteiger partial charge in [0.25, 0.3) is 0 Å². The maximum absolute atomic E-state index is 9.45. The minimum absolute atomic E-state index is 0.154. The molecule has 17 heavy (non-hydrogen) atoms.